The summed E-state index contributed by atoms with van der Waals surface area (Å²) >= 11 is 0. The number of alkyl carbamates (subject to hydrolysis) is 1. The molecule has 1 aromatic carbocycles. The largest absolute Gasteiger partial charge is 0.436 e. The molecule has 1 aliphatic heterocycles. The Hall–Kier alpha value is -1.51. The number of ether oxygens (including phenoxy) is 1. The van der Waals surface area contributed by atoms with Crippen LogP contribution in [0.1, 0.15) is 36.5 Å². The lowest BCUT2D eigenvalue weighted by molar-refractivity contribution is 0.0703. The van der Waals surface area contributed by atoms with E-state index in [0.29, 0.717) is 6.54 Å². The first-order valence-corrected chi connectivity index (χ1v) is 6.26. The molecule has 0 saturated carbocycles. The van der Waals surface area contributed by atoms with Crippen LogP contribution < -0.4 is 5.32 Å². The maximum atomic E-state index is 11.2. The molecule has 1 heterocycles. The van der Waals surface area contributed by atoms with Gasteiger partial charge in [0.15, 0.2) is 5.60 Å². The maximum absolute atomic E-state index is 11.2. The van der Waals surface area contributed by atoms with Crippen molar-refractivity contribution in [2.75, 3.05) is 6.54 Å². The minimum absolute atomic E-state index is 0.315. The van der Waals surface area contributed by atoms with Crippen molar-refractivity contribution in [3.63, 3.8) is 0 Å². The minimum atomic E-state index is -0.496. The fraction of sp³-hybridized carbons (Fsp3) is 0.500. The number of nitrogens with one attached hydrogen (secondary N) is 1. The Morgan fingerprint density at radius 3 is 2.71 bits per heavy atom. The van der Waals surface area contributed by atoms with E-state index in [1.54, 1.807) is 0 Å². The number of aryl methyl sites for hydroxylation is 2. The molecule has 1 amide bonds. The van der Waals surface area contributed by atoms with Crippen molar-refractivity contribution in [3.05, 3.63) is 34.9 Å². The van der Waals surface area contributed by atoms with E-state index in [1.165, 1.54) is 30.4 Å². The number of benzene rings is 1. The summed E-state index contributed by atoms with van der Waals surface area (Å²) in [5.74, 6) is 0. The summed E-state index contributed by atoms with van der Waals surface area (Å²) in [7, 11) is 0. The smallest absolute Gasteiger partial charge is 0.408 e. The van der Waals surface area contributed by atoms with E-state index in [9.17, 15) is 4.79 Å². The van der Waals surface area contributed by atoms with Crippen LogP contribution in [0.4, 0.5) is 4.79 Å². The summed E-state index contributed by atoms with van der Waals surface area (Å²) in [6.07, 6.45) is 4.58. The Morgan fingerprint density at radius 1 is 1.24 bits per heavy atom. The molecule has 1 aliphatic carbocycles. The lowest BCUT2D eigenvalue weighted by atomic mass is 9.86. The van der Waals surface area contributed by atoms with Gasteiger partial charge >= 0.3 is 6.09 Å². The molecule has 90 valence electrons. The highest BCUT2D eigenvalue weighted by Crippen LogP contribution is 2.31. The van der Waals surface area contributed by atoms with E-state index in [1.807, 2.05) is 6.92 Å². The van der Waals surface area contributed by atoms with Crippen LogP contribution in [0.25, 0.3) is 0 Å². The highest BCUT2D eigenvalue weighted by Gasteiger charge is 2.37. The standard InChI is InChI=1S/C14H17NO2/c1-14(9-15-13(16)17-14)12-7-6-10-4-2-3-5-11(10)8-12/h6-8H,2-5,9H2,1H3,(H,15,16). The van der Waals surface area contributed by atoms with E-state index in [4.69, 9.17) is 4.74 Å². The Balaban J connectivity index is 1.96. The molecule has 3 nitrogen and oxygen atoms in total. The first-order valence-electron chi connectivity index (χ1n) is 6.26. The fourth-order valence-electron chi connectivity index (χ4n) is 2.74. The summed E-state index contributed by atoms with van der Waals surface area (Å²) in [4.78, 5) is 11.2. The van der Waals surface area contributed by atoms with Crippen LogP contribution in [0.5, 0.6) is 0 Å². The molecule has 1 N–H and O–H groups in total. The van der Waals surface area contributed by atoms with Crippen LogP contribution in [-0.4, -0.2) is 12.6 Å². The summed E-state index contributed by atoms with van der Waals surface area (Å²) in [6, 6.07) is 6.51. The highest BCUT2D eigenvalue weighted by molar-refractivity contribution is 5.70. The van der Waals surface area contributed by atoms with Crippen LogP contribution in [-0.2, 0) is 23.2 Å². The second-order valence-corrected chi connectivity index (χ2v) is 5.16. The van der Waals surface area contributed by atoms with Crippen LogP contribution >= 0.6 is 0 Å². The first kappa shape index (κ1) is 10.6. The van der Waals surface area contributed by atoms with Gasteiger partial charge in [0.2, 0.25) is 0 Å². The van der Waals surface area contributed by atoms with E-state index in [0.717, 1.165) is 12.0 Å². The molecule has 2 aliphatic rings. The lowest BCUT2D eigenvalue weighted by Crippen LogP contribution is -2.26. The second kappa shape index (κ2) is 3.76. The predicted octanol–water partition coefficient (Wildman–Crippen LogP) is 2.52. The van der Waals surface area contributed by atoms with Gasteiger partial charge in [-0.1, -0.05) is 18.2 Å². The predicted molar refractivity (Wildman–Crippen MR) is 64.9 cm³/mol. The van der Waals surface area contributed by atoms with Crippen molar-refractivity contribution in [3.8, 4) is 0 Å². The molecule has 1 fully saturated rings. The van der Waals surface area contributed by atoms with Gasteiger partial charge in [-0.05, 0) is 49.3 Å². The van der Waals surface area contributed by atoms with Crippen LogP contribution in [0, 0.1) is 0 Å². The third-order valence-electron chi connectivity index (χ3n) is 3.85. The number of carbonyl (C=O) groups excluding carboxylic acids is 1. The van der Waals surface area contributed by atoms with Gasteiger partial charge in [-0.3, -0.25) is 0 Å². The van der Waals surface area contributed by atoms with Gasteiger partial charge in [0.25, 0.3) is 0 Å². The average molecular weight is 231 g/mol. The van der Waals surface area contributed by atoms with Crippen molar-refractivity contribution in [1.29, 1.82) is 0 Å². The van der Waals surface area contributed by atoms with E-state index < -0.39 is 5.60 Å². The monoisotopic (exact) mass is 231 g/mol. The molecular weight excluding hydrogens is 214 g/mol. The Bertz CT molecular complexity index is 469. The summed E-state index contributed by atoms with van der Waals surface area (Å²) in [6.45, 7) is 2.53. The van der Waals surface area contributed by atoms with E-state index in [2.05, 4.69) is 23.5 Å². The Kier molecular flexibility index (Phi) is 2.35. The number of hydrogen-bond donors (Lipinski definition) is 1. The van der Waals surface area contributed by atoms with Crippen molar-refractivity contribution < 1.29 is 9.53 Å². The van der Waals surface area contributed by atoms with E-state index in [-0.39, 0.29) is 6.09 Å². The Morgan fingerprint density at radius 2 is 2.00 bits per heavy atom. The zero-order valence-corrected chi connectivity index (χ0v) is 10.1. The molecule has 3 rings (SSSR count). The number of hydrogen-bond acceptors (Lipinski definition) is 2. The number of fused-ring (bicyclic) bond motifs is 1. The van der Waals surface area contributed by atoms with Gasteiger partial charge in [-0.15, -0.1) is 0 Å². The van der Waals surface area contributed by atoms with Gasteiger partial charge in [-0.25, -0.2) is 4.79 Å². The molecule has 0 spiro atoms. The van der Waals surface area contributed by atoms with Gasteiger partial charge in [0, 0.05) is 0 Å². The van der Waals surface area contributed by atoms with Crippen molar-refractivity contribution in [1.82, 2.24) is 5.32 Å². The second-order valence-electron chi connectivity index (χ2n) is 5.16. The normalized spacial score (nSPS) is 27.2. The minimum Gasteiger partial charge on any atom is -0.436 e. The quantitative estimate of drug-likeness (QED) is 0.806. The number of rotatable bonds is 1. The molecule has 1 atom stereocenters. The third-order valence-corrected chi connectivity index (χ3v) is 3.85. The average Bonchev–Trinajstić information content (AvgIpc) is 2.70. The number of cyclic esters (lactones) is 1. The van der Waals surface area contributed by atoms with Gasteiger partial charge in [0.1, 0.15) is 0 Å². The van der Waals surface area contributed by atoms with Gasteiger partial charge < -0.3 is 10.1 Å². The zero-order chi connectivity index (χ0) is 11.9. The topological polar surface area (TPSA) is 38.3 Å². The highest BCUT2D eigenvalue weighted by atomic mass is 16.6. The molecule has 0 aromatic heterocycles. The van der Waals surface area contributed by atoms with Gasteiger partial charge in [-0.2, -0.15) is 0 Å². The molecule has 0 radical (unpaired) electrons. The number of carbonyl (C=O) groups is 1. The molecule has 1 aromatic rings. The first-order chi connectivity index (χ1) is 8.17. The van der Waals surface area contributed by atoms with Crippen LogP contribution in [0.15, 0.2) is 18.2 Å². The molecule has 0 bridgehead atoms. The molecule has 3 heteroatoms. The summed E-state index contributed by atoms with van der Waals surface area (Å²) < 4.78 is 5.38. The Labute approximate surface area is 101 Å². The summed E-state index contributed by atoms with van der Waals surface area (Å²) in [5.41, 5.74) is 3.50. The van der Waals surface area contributed by atoms with E-state index >= 15 is 0 Å². The number of amides is 1. The van der Waals surface area contributed by atoms with Crippen molar-refractivity contribution in [2.45, 2.75) is 38.2 Å². The third kappa shape index (κ3) is 1.79. The fourth-order valence-corrected chi connectivity index (χ4v) is 2.74. The van der Waals surface area contributed by atoms with Crippen molar-refractivity contribution in [2.24, 2.45) is 0 Å². The van der Waals surface area contributed by atoms with Gasteiger partial charge in [0.05, 0.1) is 6.54 Å². The molecular formula is C14H17NO2. The zero-order valence-electron chi connectivity index (χ0n) is 10.1. The molecule has 1 saturated heterocycles. The SMILES string of the molecule is CC1(c2ccc3c(c2)CCCC3)CNC(=O)O1. The maximum Gasteiger partial charge on any atom is 0.408 e. The molecule has 1 unspecified atom stereocenters. The van der Waals surface area contributed by atoms with Crippen molar-refractivity contribution >= 4 is 6.09 Å². The molecule has 17 heavy (non-hydrogen) atoms. The van der Waals surface area contributed by atoms with Crippen LogP contribution in [0.2, 0.25) is 0 Å². The summed E-state index contributed by atoms with van der Waals surface area (Å²) in [5, 5.41) is 2.73. The van der Waals surface area contributed by atoms with Crippen LogP contribution in [0.3, 0.4) is 0 Å². The lowest BCUT2D eigenvalue weighted by Gasteiger charge is -2.24.